The molecule has 2 atom stereocenters. The minimum atomic E-state index is -0.907. The van der Waals surface area contributed by atoms with Gasteiger partial charge in [0.2, 0.25) is 0 Å². The van der Waals surface area contributed by atoms with E-state index in [2.05, 4.69) is 12.2 Å². The van der Waals surface area contributed by atoms with Gasteiger partial charge in [0, 0.05) is 6.54 Å². The summed E-state index contributed by atoms with van der Waals surface area (Å²) in [5.74, 6) is 0.225. The molecule has 0 spiro atoms. The first-order chi connectivity index (χ1) is 5.19. The number of alkyl halides is 1. The fraction of sp³-hybridized carbons (Fsp3) is 1.00. The van der Waals surface area contributed by atoms with Gasteiger partial charge in [-0.3, -0.25) is 0 Å². The van der Waals surface area contributed by atoms with Gasteiger partial charge in [0.25, 0.3) is 0 Å². The van der Waals surface area contributed by atoms with Gasteiger partial charge in [-0.15, -0.1) is 0 Å². The lowest BCUT2D eigenvalue weighted by Crippen LogP contribution is -2.33. The molecule has 2 unspecified atom stereocenters. The van der Waals surface area contributed by atoms with Crippen molar-refractivity contribution in [2.24, 2.45) is 5.92 Å². The van der Waals surface area contributed by atoms with Crippen LogP contribution in [0.1, 0.15) is 33.1 Å². The van der Waals surface area contributed by atoms with Crippen molar-refractivity contribution in [2.75, 3.05) is 13.1 Å². The molecule has 11 heavy (non-hydrogen) atoms. The van der Waals surface area contributed by atoms with E-state index in [4.69, 9.17) is 0 Å². The summed E-state index contributed by atoms with van der Waals surface area (Å²) in [6, 6.07) is 0. The Hall–Kier alpha value is -0.110. The Kier molecular flexibility index (Phi) is 2.88. The summed E-state index contributed by atoms with van der Waals surface area (Å²) in [5, 5.41) is 3.08. The molecule has 1 fully saturated rings. The van der Waals surface area contributed by atoms with Gasteiger partial charge in [0.15, 0.2) is 0 Å². The van der Waals surface area contributed by atoms with Crippen molar-refractivity contribution in [3.05, 3.63) is 0 Å². The molecule has 1 aliphatic heterocycles. The third-order valence-electron chi connectivity index (χ3n) is 2.74. The number of rotatable bonds is 3. The molecule has 0 saturated carbocycles. The van der Waals surface area contributed by atoms with Gasteiger partial charge < -0.3 is 5.32 Å². The largest absolute Gasteiger partial charge is 0.313 e. The first-order valence-electron chi connectivity index (χ1n) is 4.58. The van der Waals surface area contributed by atoms with Crippen LogP contribution in [0.5, 0.6) is 0 Å². The molecule has 2 heteroatoms. The second kappa shape index (κ2) is 3.53. The molecule has 1 heterocycles. The zero-order chi connectivity index (χ0) is 8.32. The van der Waals surface area contributed by atoms with Crippen LogP contribution >= 0.6 is 0 Å². The summed E-state index contributed by atoms with van der Waals surface area (Å²) in [6.07, 6.45) is 2.80. The molecule has 0 radical (unpaired) electrons. The van der Waals surface area contributed by atoms with E-state index in [1.807, 2.05) is 6.92 Å². The summed E-state index contributed by atoms with van der Waals surface area (Å²) in [5.41, 5.74) is -0.907. The predicted molar refractivity (Wildman–Crippen MR) is 45.4 cm³/mol. The summed E-state index contributed by atoms with van der Waals surface area (Å²) in [7, 11) is 0. The smallest absolute Gasteiger partial charge is 0.127 e. The average molecular weight is 159 g/mol. The van der Waals surface area contributed by atoms with Crippen LogP contribution in [0.2, 0.25) is 0 Å². The Balaban J connectivity index is 2.42. The van der Waals surface area contributed by atoms with Gasteiger partial charge >= 0.3 is 0 Å². The minimum Gasteiger partial charge on any atom is -0.313 e. The lowest BCUT2D eigenvalue weighted by atomic mass is 9.87. The molecule has 0 bridgehead atoms. The van der Waals surface area contributed by atoms with Crippen LogP contribution in [0, 0.1) is 5.92 Å². The van der Waals surface area contributed by atoms with Crippen LogP contribution < -0.4 is 5.32 Å². The molecule has 66 valence electrons. The van der Waals surface area contributed by atoms with E-state index in [1.54, 1.807) is 0 Å². The molecule has 0 aromatic rings. The van der Waals surface area contributed by atoms with Crippen molar-refractivity contribution >= 4 is 0 Å². The Morgan fingerprint density at radius 3 is 2.82 bits per heavy atom. The second-order valence-electron chi connectivity index (χ2n) is 3.65. The van der Waals surface area contributed by atoms with Gasteiger partial charge in [-0.2, -0.15) is 0 Å². The van der Waals surface area contributed by atoms with Gasteiger partial charge in [0.05, 0.1) is 0 Å². The van der Waals surface area contributed by atoms with Gasteiger partial charge in [-0.25, -0.2) is 4.39 Å². The molecule has 1 saturated heterocycles. The van der Waals surface area contributed by atoms with Crippen molar-refractivity contribution in [3.63, 3.8) is 0 Å². The Morgan fingerprint density at radius 2 is 2.36 bits per heavy atom. The number of halogens is 1. The van der Waals surface area contributed by atoms with Crippen molar-refractivity contribution in [3.8, 4) is 0 Å². The summed E-state index contributed by atoms with van der Waals surface area (Å²) < 4.78 is 13.8. The van der Waals surface area contributed by atoms with E-state index in [9.17, 15) is 4.39 Å². The number of nitrogens with one attached hydrogen (secondary N) is 1. The maximum Gasteiger partial charge on any atom is 0.127 e. The third kappa shape index (κ3) is 1.92. The molecular weight excluding hydrogens is 141 g/mol. The Morgan fingerprint density at radius 1 is 1.64 bits per heavy atom. The van der Waals surface area contributed by atoms with Crippen molar-refractivity contribution in [2.45, 2.75) is 38.8 Å². The van der Waals surface area contributed by atoms with Gasteiger partial charge in [0.1, 0.15) is 5.67 Å². The molecule has 1 nitrogen and oxygen atoms in total. The first kappa shape index (κ1) is 8.98. The highest BCUT2D eigenvalue weighted by molar-refractivity contribution is 4.92. The minimum absolute atomic E-state index is 0.225. The molecule has 1 rings (SSSR count). The number of hydrogen-bond donors (Lipinski definition) is 1. The quantitative estimate of drug-likeness (QED) is 0.665. The van der Waals surface area contributed by atoms with E-state index in [-0.39, 0.29) is 5.92 Å². The highest BCUT2D eigenvalue weighted by Gasteiger charge is 2.38. The standard InChI is InChI=1S/C9H18FN/c1-3-4-8(2)9(10)5-6-11-7-9/h8,11H,3-7H2,1-2H3. The van der Waals surface area contributed by atoms with Crippen LogP contribution in [-0.4, -0.2) is 18.8 Å². The monoisotopic (exact) mass is 159 g/mol. The molecule has 1 aliphatic rings. The van der Waals surface area contributed by atoms with E-state index < -0.39 is 5.67 Å². The van der Waals surface area contributed by atoms with Crippen LogP contribution in [0.3, 0.4) is 0 Å². The molecule has 0 aromatic heterocycles. The first-order valence-corrected chi connectivity index (χ1v) is 4.58. The summed E-state index contributed by atoms with van der Waals surface area (Å²) in [4.78, 5) is 0. The lowest BCUT2D eigenvalue weighted by molar-refractivity contribution is 0.107. The molecule has 0 aliphatic carbocycles. The normalized spacial score (nSPS) is 34.1. The maximum atomic E-state index is 13.8. The van der Waals surface area contributed by atoms with Gasteiger partial charge in [-0.1, -0.05) is 20.3 Å². The second-order valence-corrected chi connectivity index (χ2v) is 3.65. The molecule has 0 amide bonds. The zero-order valence-corrected chi connectivity index (χ0v) is 7.49. The lowest BCUT2D eigenvalue weighted by Gasteiger charge is -2.25. The fourth-order valence-corrected chi connectivity index (χ4v) is 1.79. The van der Waals surface area contributed by atoms with E-state index in [0.717, 1.165) is 19.4 Å². The van der Waals surface area contributed by atoms with E-state index in [0.29, 0.717) is 13.0 Å². The van der Waals surface area contributed by atoms with E-state index >= 15 is 0 Å². The van der Waals surface area contributed by atoms with Crippen molar-refractivity contribution < 1.29 is 4.39 Å². The highest BCUT2D eigenvalue weighted by atomic mass is 19.1. The maximum absolute atomic E-state index is 13.8. The average Bonchev–Trinajstić information content (AvgIpc) is 2.38. The molecule has 1 N–H and O–H groups in total. The topological polar surface area (TPSA) is 12.0 Å². The van der Waals surface area contributed by atoms with Gasteiger partial charge in [-0.05, 0) is 25.3 Å². The van der Waals surface area contributed by atoms with Crippen LogP contribution in [0.15, 0.2) is 0 Å². The van der Waals surface area contributed by atoms with Crippen LogP contribution in [0.4, 0.5) is 4.39 Å². The summed E-state index contributed by atoms with van der Waals surface area (Å²) >= 11 is 0. The molecular formula is C9H18FN. The fourth-order valence-electron chi connectivity index (χ4n) is 1.79. The van der Waals surface area contributed by atoms with Crippen LogP contribution in [-0.2, 0) is 0 Å². The van der Waals surface area contributed by atoms with Crippen LogP contribution in [0.25, 0.3) is 0 Å². The highest BCUT2D eigenvalue weighted by Crippen LogP contribution is 2.31. The Bertz CT molecular complexity index is 119. The van der Waals surface area contributed by atoms with Crippen molar-refractivity contribution in [1.82, 2.24) is 5.32 Å². The van der Waals surface area contributed by atoms with E-state index in [1.165, 1.54) is 0 Å². The van der Waals surface area contributed by atoms with Crippen molar-refractivity contribution in [1.29, 1.82) is 0 Å². The predicted octanol–water partition coefficient (Wildman–Crippen LogP) is 2.12. The summed E-state index contributed by atoms with van der Waals surface area (Å²) in [6.45, 7) is 5.55. The number of hydrogen-bond acceptors (Lipinski definition) is 1. The Labute approximate surface area is 68.4 Å². The SMILES string of the molecule is CCCC(C)C1(F)CCNC1. The zero-order valence-electron chi connectivity index (χ0n) is 7.49. The molecule has 0 aromatic carbocycles. The third-order valence-corrected chi connectivity index (χ3v) is 2.74.